The van der Waals surface area contributed by atoms with Crippen LogP contribution >= 0.6 is 22.9 Å². The Balaban J connectivity index is 2.36. The zero-order valence-electron chi connectivity index (χ0n) is 10.3. The minimum Gasteiger partial charge on any atom is -0.397 e. The monoisotopic (exact) mass is 327 g/mol. The summed E-state index contributed by atoms with van der Waals surface area (Å²) in [6, 6.07) is 7.77. The number of hydrogen-bond acceptors (Lipinski definition) is 5. The van der Waals surface area contributed by atoms with Crippen LogP contribution in [0.2, 0.25) is 4.34 Å². The Bertz CT molecular complexity index is 787. The zero-order chi connectivity index (χ0) is 14.9. The summed E-state index contributed by atoms with van der Waals surface area (Å²) in [5, 5.41) is 8.74. The maximum absolute atomic E-state index is 12.2. The Morgan fingerprint density at radius 1 is 1.40 bits per heavy atom. The van der Waals surface area contributed by atoms with Crippen molar-refractivity contribution in [2.45, 2.75) is 11.1 Å². The number of anilines is 2. The Kier molecular flexibility index (Phi) is 3.90. The van der Waals surface area contributed by atoms with E-state index in [1.807, 2.05) is 6.07 Å². The third-order valence-electron chi connectivity index (χ3n) is 2.52. The summed E-state index contributed by atoms with van der Waals surface area (Å²) >= 11 is 6.85. The van der Waals surface area contributed by atoms with E-state index in [1.54, 1.807) is 6.92 Å². The van der Waals surface area contributed by atoms with Gasteiger partial charge in [0.05, 0.1) is 27.3 Å². The number of nitrogens with zero attached hydrogens (tertiary/aromatic N) is 1. The largest absolute Gasteiger partial charge is 0.397 e. The number of thiophene rings is 1. The maximum atomic E-state index is 12.2. The second-order valence-corrected chi connectivity index (χ2v) is 7.60. The van der Waals surface area contributed by atoms with E-state index in [4.69, 9.17) is 22.6 Å². The molecule has 0 aliphatic heterocycles. The van der Waals surface area contributed by atoms with Crippen LogP contribution < -0.4 is 10.5 Å². The van der Waals surface area contributed by atoms with Gasteiger partial charge in [-0.05, 0) is 36.8 Å². The van der Waals surface area contributed by atoms with E-state index < -0.39 is 10.0 Å². The van der Waals surface area contributed by atoms with Gasteiger partial charge in [0.1, 0.15) is 4.21 Å². The molecule has 0 bridgehead atoms. The van der Waals surface area contributed by atoms with Gasteiger partial charge in [0, 0.05) is 0 Å². The van der Waals surface area contributed by atoms with Gasteiger partial charge in [-0.1, -0.05) is 11.6 Å². The first-order valence-electron chi connectivity index (χ1n) is 5.42. The second kappa shape index (κ2) is 5.32. The molecule has 0 aliphatic rings. The molecule has 3 N–H and O–H groups in total. The van der Waals surface area contributed by atoms with Crippen LogP contribution in [0.4, 0.5) is 11.4 Å². The van der Waals surface area contributed by atoms with Crippen molar-refractivity contribution in [1.29, 1.82) is 5.26 Å². The number of hydrogen-bond donors (Lipinski definition) is 2. The number of rotatable bonds is 3. The summed E-state index contributed by atoms with van der Waals surface area (Å²) in [6.07, 6.45) is 0. The average Bonchev–Trinajstić information content (AvgIpc) is 2.73. The van der Waals surface area contributed by atoms with Crippen molar-refractivity contribution in [3.8, 4) is 6.07 Å². The van der Waals surface area contributed by atoms with Crippen LogP contribution in [-0.4, -0.2) is 8.42 Å². The van der Waals surface area contributed by atoms with Gasteiger partial charge < -0.3 is 5.73 Å². The number of nitriles is 1. The maximum Gasteiger partial charge on any atom is 0.271 e. The molecule has 1 aromatic carbocycles. The summed E-state index contributed by atoms with van der Waals surface area (Å²) < 4.78 is 27.3. The molecule has 0 spiro atoms. The topological polar surface area (TPSA) is 96.0 Å². The van der Waals surface area contributed by atoms with Crippen molar-refractivity contribution in [3.05, 3.63) is 39.7 Å². The van der Waals surface area contributed by atoms with Crippen LogP contribution in [-0.2, 0) is 10.0 Å². The van der Waals surface area contributed by atoms with Gasteiger partial charge in [-0.15, -0.1) is 11.3 Å². The van der Waals surface area contributed by atoms with Crippen molar-refractivity contribution >= 4 is 44.3 Å². The zero-order valence-corrected chi connectivity index (χ0v) is 12.7. The van der Waals surface area contributed by atoms with Crippen LogP contribution in [0.15, 0.2) is 28.5 Å². The number of halogens is 1. The highest BCUT2D eigenvalue weighted by molar-refractivity contribution is 7.94. The molecule has 8 heteroatoms. The first-order valence-corrected chi connectivity index (χ1v) is 8.09. The number of nitrogens with two attached hydrogens (primary N) is 1. The van der Waals surface area contributed by atoms with Gasteiger partial charge in [-0.2, -0.15) is 5.26 Å². The fraction of sp³-hybridized carbons (Fsp3) is 0.0833. The lowest BCUT2D eigenvalue weighted by atomic mass is 10.2. The summed E-state index contributed by atoms with van der Waals surface area (Å²) in [5.74, 6) is 0. The molecule has 20 heavy (non-hydrogen) atoms. The predicted molar refractivity (Wildman–Crippen MR) is 80.4 cm³/mol. The van der Waals surface area contributed by atoms with Crippen molar-refractivity contribution in [3.63, 3.8) is 0 Å². The van der Waals surface area contributed by atoms with Crippen molar-refractivity contribution in [1.82, 2.24) is 0 Å². The van der Waals surface area contributed by atoms with E-state index in [-0.39, 0.29) is 15.6 Å². The highest BCUT2D eigenvalue weighted by Crippen LogP contribution is 2.32. The third-order valence-corrected chi connectivity index (χ3v) is 5.92. The van der Waals surface area contributed by atoms with Crippen molar-refractivity contribution in [2.75, 3.05) is 10.5 Å². The van der Waals surface area contributed by atoms with E-state index in [0.29, 0.717) is 15.5 Å². The Labute approximate surface area is 125 Å². The lowest BCUT2D eigenvalue weighted by Crippen LogP contribution is -2.12. The molecule has 1 heterocycles. The normalized spacial score (nSPS) is 11.1. The molecule has 104 valence electrons. The van der Waals surface area contributed by atoms with E-state index in [9.17, 15) is 8.42 Å². The van der Waals surface area contributed by atoms with Gasteiger partial charge in [-0.3, -0.25) is 4.72 Å². The number of nitrogen functional groups attached to an aromatic ring is 1. The fourth-order valence-corrected chi connectivity index (χ4v) is 4.28. The quantitative estimate of drug-likeness (QED) is 0.847. The van der Waals surface area contributed by atoms with Crippen molar-refractivity contribution in [2.24, 2.45) is 0 Å². The molecule has 0 saturated heterocycles. The minimum atomic E-state index is -3.74. The van der Waals surface area contributed by atoms with Crippen LogP contribution in [0.5, 0.6) is 0 Å². The average molecular weight is 328 g/mol. The van der Waals surface area contributed by atoms with Crippen molar-refractivity contribution < 1.29 is 8.42 Å². The first-order chi connectivity index (χ1) is 9.33. The molecule has 0 saturated carbocycles. The summed E-state index contributed by atoms with van der Waals surface area (Å²) in [7, 11) is -3.74. The molecule has 5 nitrogen and oxygen atoms in total. The highest BCUT2D eigenvalue weighted by atomic mass is 35.5. The molecular formula is C12H10ClN3O2S2. The predicted octanol–water partition coefficient (Wildman–Crippen LogP) is 2.96. The molecule has 2 aromatic rings. The van der Waals surface area contributed by atoms with Gasteiger partial charge in [0.2, 0.25) is 0 Å². The highest BCUT2D eigenvalue weighted by Gasteiger charge is 2.19. The molecule has 0 radical (unpaired) electrons. The molecule has 0 fully saturated rings. The number of aryl methyl sites for hydroxylation is 1. The molecular weight excluding hydrogens is 318 g/mol. The van der Waals surface area contributed by atoms with Gasteiger partial charge in [0.15, 0.2) is 0 Å². The lowest BCUT2D eigenvalue weighted by Gasteiger charge is -2.08. The smallest absolute Gasteiger partial charge is 0.271 e. The Morgan fingerprint density at radius 3 is 2.60 bits per heavy atom. The summed E-state index contributed by atoms with van der Waals surface area (Å²) in [6.45, 7) is 1.73. The SMILES string of the molecule is Cc1cc(S(=O)(=O)Nc2ccc(C#N)cc2N)sc1Cl. The van der Waals surface area contributed by atoms with Crippen LogP contribution in [0.25, 0.3) is 0 Å². The second-order valence-electron chi connectivity index (χ2n) is 4.04. The third kappa shape index (κ3) is 2.88. The number of sulfonamides is 1. The van der Waals surface area contributed by atoms with E-state index in [2.05, 4.69) is 4.72 Å². The number of nitrogens with one attached hydrogen (secondary N) is 1. The van der Waals surface area contributed by atoms with Gasteiger partial charge >= 0.3 is 0 Å². The summed E-state index contributed by atoms with van der Waals surface area (Å²) in [4.78, 5) is 0. The Morgan fingerprint density at radius 2 is 2.10 bits per heavy atom. The molecule has 0 aliphatic carbocycles. The molecule has 0 amide bonds. The fourth-order valence-electron chi connectivity index (χ4n) is 1.48. The van der Waals surface area contributed by atoms with Crippen LogP contribution in [0, 0.1) is 18.3 Å². The van der Waals surface area contributed by atoms with Gasteiger partial charge in [-0.25, -0.2) is 8.42 Å². The minimum absolute atomic E-state index is 0.115. The van der Waals surface area contributed by atoms with Gasteiger partial charge in [0.25, 0.3) is 10.0 Å². The molecule has 0 unspecified atom stereocenters. The van der Waals surface area contributed by atoms with E-state index in [0.717, 1.165) is 11.3 Å². The molecule has 2 rings (SSSR count). The molecule has 0 atom stereocenters. The Hall–Kier alpha value is -1.75. The standard InChI is InChI=1S/C12H10ClN3O2S2/c1-7-4-11(19-12(7)13)20(17,18)16-10-3-2-8(6-14)5-9(10)15/h2-5,16H,15H2,1H3. The first kappa shape index (κ1) is 14.7. The lowest BCUT2D eigenvalue weighted by molar-refractivity contribution is 0.603. The van der Waals surface area contributed by atoms with E-state index >= 15 is 0 Å². The van der Waals surface area contributed by atoms with Crippen LogP contribution in [0.3, 0.4) is 0 Å². The summed E-state index contributed by atoms with van der Waals surface area (Å²) in [5.41, 5.74) is 7.19. The molecule has 1 aromatic heterocycles. The van der Waals surface area contributed by atoms with E-state index in [1.165, 1.54) is 24.3 Å². The number of benzene rings is 1. The van der Waals surface area contributed by atoms with Crippen LogP contribution in [0.1, 0.15) is 11.1 Å².